The van der Waals surface area contributed by atoms with Crippen molar-refractivity contribution in [2.75, 3.05) is 38.2 Å². The molecule has 2 heterocycles. The molecule has 1 amide bonds. The summed E-state index contributed by atoms with van der Waals surface area (Å²) in [4.78, 5) is 22.1. The van der Waals surface area contributed by atoms with Crippen molar-refractivity contribution >= 4 is 50.0 Å². The van der Waals surface area contributed by atoms with E-state index in [4.69, 9.17) is 9.72 Å². The van der Waals surface area contributed by atoms with Crippen LogP contribution in [-0.4, -0.2) is 44.2 Å². The van der Waals surface area contributed by atoms with Gasteiger partial charge in [-0.15, -0.1) is 11.3 Å². The molecule has 3 rings (SSSR count). The van der Waals surface area contributed by atoms with Crippen LogP contribution in [0.2, 0.25) is 0 Å². The number of thiazole rings is 1. The van der Waals surface area contributed by atoms with Crippen LogP contribution in [0.15, 0.2) is 41.8 Å². The largest absolute Gasteiger partial charge is 0.494 e. The van der Waals surface area contributed by atoms with Gasteiger partial charge in [0.05, 0.1) is 38.0 Å². The third kappa shape index (κ3) is 4.79. The summed E-state index contributed by atoms with van der Waals surface area (Å²) >= 11 is 3.14. The van der Waals surface area contributed by atoms with E-state index in [0.717, 1.165) is 40.5 Å². The van der Waals surface area contributed by atoms with Gasteiger partial charge in [-0.2, -0.15) is 0 Å². The number of ether oxygens (including phenoxy) is 1. The Balaban J connectivity index is 1.89. The Morgan fingerprint density at radius 3 is 2.75 bits per heavy atom. The SMILES string of the molecule is CC[NH+](CC)CCN(C(=O)/C=C/c1cccs1)c1nc2c(OC)cccc2s1. The van der Waals surface area contributed by atoms with Crippen molar-refractivity contribution in [2.24, 2.45) is 0 Å². The Kier molecular flexibility index (Phi) is 7.19. The zero-order chi connectivity index (χ0) is 19.9. The zero-order valence-corrected chi connectivity index (χ0v) is 18.1. The molecular weight excluding hydrogens is 390 g/mol. The molecule has 0 saturated heterocycles. The number of carbonyl (C=O) groups is 1. The standard InChI is InChI=1S/C21H25N3O2S2/c1-4-23(5-2)13-14-24(19(25)12-11-16-8-7-15-27-16)21-22-20-17(26-3)9-6-10-18(20)28-21/h6-12,15H,4-5,13-14H2,1-3H3/p+1/b12-11+. The highest BCUT2D eigenvalue weighted by molar-refractivity contribution is 7.22. The number of nitrogens with one attached hydrogen (secondary N) is 1. The van der Waals surface area contributed by atoms with Crippen LogP contribution in [0.4, 0.5) is 5.13 Å². The van der Waals surface area contributed by atoms with Crippen LogP contribution in [0.3, 0.4) is 0 Å². The highest BCUT2D eigenvalue weighted by atomic mass is 32.1. The summed E-state index contributed by atoms with van der Waals surface area (Å²) in [6.07, 6.45) is 3.52. The zero-order valence-electron chi connectivity index (χ0n) is 16.5. The minimum absolute atomic E-state index is 0.0435. The number of likely N-dealkylation sites (N-methyl/N-ethyl adjacent to an activating group) is 1. The fourth-order valence-corrected chi connectivity index (χ4v) is 4.63. The summed E-state index contributed by atoms with van der Waals surface area (Å²) in [6.45, 7) is 7.94. The lowest BCUT2D eigenvalue weighted by Crippen LogP contribution is -3.12. The number of aromatic nitrogens is 1. The number of hydrogen-bond acceptors (Lipinski definition) is 5. The third-order valence-corrected chi connectivity index (χ3v) is 6.59. The highest BCUT2D eigenvalue weighted by Gasteiger charge is 2.20. The Labute approximate surface area is 173 Å². The van der Waals surface area contributed by atoms with Gasteiger partial charge in [-0.05, 0) is 43.5 Å². The van der Waals surface area contributed by atoms with E-state index in [1.165, 1.54) is 16.2 Å². The van der Waals surface area contributed by atoms with Gasteiger partial charge in [-0.25, -0.2) is 4.98 Å². The third-order valence-electron chi connectivity index (χ3n) is 4.71. The topological polar surface area (TPSA) is 46.9 Å². The summed E-state index contributed by atoms with van der Waals surface area (Å²) in [5.74, 6) is 0.689. The number of nitrogens with zero attached hydrogens (tertiary/aromatic N) is 2. The molecular formula is C21H26N3O2S2+. The number of quaternary nitrogens is 1. The van der Waals surface area contributed by atoms with Gasteiger partial charge in [0, 0.05) is 11.0 Å². The first-order chi connectivity index (χ1) is 13.7. The van der Waals surface area contributed by atoms with Gasteiger partial charge >= 0.3 is 0 Å². The molecule has 0 aliphatic heterocycles. The summed E-state index contributed by atoms with van der Waals surface area (Å²) in [5, 5.41) is 2.72. The van der Waals surface area contributed by atoms with Gasteiger partial charge in [-0.1, -0.05) is 23.5 Å². The quantitative estimate of drug-likeness (QED) is 0.544. The molecule has 5 nitrogen and oxygen atoms in total. The summed E-state index contributed by atoms with van der Waals surface area (Å²) < 4.78 is 6.45. The molecule has 1 N–H and O–H groups in total. The van der Waals surface area contributed by atoms with Crippen molar-refractivity contribution in [2.45, 2.75) is 13.8 Å². The molecule has 0 radical (unpaired) electrons. The molecule has 0 aliphatic carbocycles. The number of carbonyl (C=O) groups excluding carboxylic acids is 1. The lowest BCUT2D eigenvalue weighted by Gasteiger charge is -2.21. The molecule has 2 aromatic heterocycles. The lowest BCUT2D eigenvalue weighted by atomic mass is 10.3. The summed E-state index contributed by atoms with van der Waals surface area (Å²) in [5.41, 5.74) is 0.806. The second-order valence-electron chi connectivity index (χ2n) is 6.35. The Morgan fingerprint density at radius 1 is 1.25 bits per heavy atom. The molecule has 7 heteroatoms. The molecule has 0 atom stereocenters. The van der Waals surface area contributed by atoms with E-state index in [1.807, 2.05) is 41.8 Å². The first-order valence-corrected chi connectivity index (χ1v) is 11.2. The van der Waals surface area contributed by atoms with Crippen molar-refractivity contribution in [1.82, 2.24) is 4.98 Å². The number of rotatable bonds is 9. The van der Waals surface area contributed by atoms with Gasteiger partial charge in [-0.3, -0.25) is 9.69 Å². The van der Waals surface area contributed by atoms with Crippen LogP contribution in [0.25, 0.3) is 16.3 Å². The number of hydrogen-bond donors (Lipinski definition) is 1. The number of para-hydroxylation sites is 1. The maximum atomic E-state index is 13.0. The molecule has 148 valence electrons. The second-order valence-corrected chi connectivity index (χ2v) is 8.34. The molecule has 1 aromatic carbocycles. The van der Waals surface area contributed by atoms with Gasteiger partial charge in [0.25, 0.3) is 5.91 Å². The molecule has 28 heavy (non-hydrogen) atoms. The molecule has 0 saturated carbocycles. The fraction of sp³-hybridized carbons (Fsp3) is 0.333. The van der Waals surface area contributed by atoms with E-state index in [2.05, 4.69) is 13.8 Å². The molecule has 3 aromatic rings. The van der Waals surface area contributed by atoms with Crippen LogP contribution in [0, 0.1) is 0 Å². The first-order valence-electron chi connectivity index (χ1n) is 9.46. The van der Waals surface area contributed by atoms with Crippen LogP contribution in [0.1, 0.15) is 18.7 Å². The van der Waals surface area contributed by atoms with E-state index < -0.39 is 0 Å². The number of methoxy groups -OCH3 is 1. The summed E-state index contributed by atoms with van der Waals surface area (Å²) in [6, 6.07) is 9.84. The predicted octanol–water partition coefficient (Wildman–Crippen LogP) is 3.34. The van der Waals surface area contributed by atoms with Gasteiger partial charge in [0.1, 0.15) is 11.3 Å². The van der Waals surface area contributed by atoms with Crippen molar-refractivity contribution in [3.63, 3.8) is 0 Å². The van der Waals surface area contributed by atoms with Crippen LogP contribution < -0.4 is 14.5 Å². The van der Waals surface area contributed by atoms with Crippen molar-refractivity contribution in [3.8, 4) is 5.75 Å². The van der Waals surface area contributed by atoms with Gasteiger partial charge in [0.2, 0.25) is 0 Å². The maximum absolute atomic E-state index is 13.0. The number of thiophene rings is 1. The first kappa shape index (κ1) is 20.5. The van der Waals surface area contributed by atoms with E-state index in [1.54, 1.807) is 29.4 Å². The molecule has 0 bridgehead atoms. The number of fused-ring (bicyclic) bond motifs is 1. The van der Waals surface area contributed by atoms with Gasteiger partial charge < -0.3 is 9.64 Å². The number of anilines is 1. The average molecular weight is 417 g/mol. The second kappa shape index (κ2) is 9.82. The molecule has 0 aliphatic rings. The van der Waals surface area contributed by atoms with Gasteiger partial charge in [0.15, 0.2) is 5.13 Å². The van der Waals surface area contributed by atoms with E-state index in [0.29, 0.717) is 11.7 Å². The number of benzene rings is 1. The monoisotopic (exact) mass is 416 g/mol. The molecule has 0 unspecified atom stereocenters. The highest BCUT2D eigenvalue weighted by Crippen LogP contribution is 2.34. The number of amides is 1. The molecule has 0 spiro atoms. The summed E-state index contributed by atoms with van der Waals surface area (Å²) in [7, 11) is 1.64. The average Bonchev–Trinajstić information content (AvgIpc) is 3.38. The normalized spacial score (nSPS) is 11.6. The minimum Gasteiger partial charge on any atom is -0.494 e. The lowest BCUT2D eigenvalue weighted by molar-refractivity contribution is -0.894. The Hall–Kier alpha value is -2.22. The van der Waals surface area contributed by atoms with Crippen LogP contribution in [0.5, 0.6) is 5.75 Å². The van der Waals surface area contributed by atoms with E-state index >= 15 is 0 Å². The minimum atomic E-state index is -0.0435. The van der Waals surface area contributed by atoms with E-state index in [9.17, 15) is 4.79 Å². The van der Waals surface area contributed by atoms with Crippen molar-refractivity contribution in [1.29, 1.82) is 0 Å². The fourth-order valence-electron chi connectivity index (χ4n) is 2.99. The molecule has 0 fully saturated rings. The van der Waals surface area contributed by atoms with Crippen LogP contribution in [-0.2, 0) is 4.79 Å². The van der Waals surface area contributed by atoms with E-state index in [-0.39, 0.29) is 5.91 Å². The maximum Gasteiger partial charge on any atom is 0.253 e. The van der Waals surface area contributed by atoms with Crippen molar-refractivity contribution < 1.29 is 14.4 Å². The Bertz CT molecular complexity index is 930. The predicted molar refractivity (Wildman–Crippen MR) is 119 cm³/mol. The van der Waals surface area contributed by atoms with Crippen molar-refractivity contribution in [3.05, 3.63) is 46.7 Å². The van der Waals surface area contributed by atoms with Crippen LogP contribution >= 0.6 is 22.7 Å². The smallest absolute Gasteiger partial charge is 0.253 e. The Morgan fingerprint density at radius 2 is 2.07 bits per heavy atom.